The highest BCUT2D eigenvalue weighted by molar-refractivity contribution is 6.05. The Bertz CT molecular complexity index is 653. The van der Waals surface area contributed by atoms with Crippen molar-refractivity contribution in [3.8, 4) is 0 Å². The molecule has 21 heavy (non-hydrogen) atoms. The fraction of sp³-hybridized carbons (Fsp3) is 0.235. The van der Waals surface area contributed by atoms with Crippen LogP contribution in [0.3, 0.4) is 0 Å². The van der Waals surface area contributed by atoms with Crippen LogP contribution in [0.5, 0.6) is 0 Å². The molecular formula is C17H17F2NO. The van der Waals surface area contributed by atoms with Gasteiger partial charge in [0.15, 0.2) is 0 Å². The second kappa shape index (κ2) is 6.48. The van der Waals surface area contributed by atoms with Gasteiger partial charge < -0.3 is 5.32 Å². The van der Waals surface area contributed by atoms with E-state index in [1.807, 2.05) is 12.1 Å². The Labute approximate surface area is 122 Å². The van der Waals surface area contributed by atoms with Crippen molar-refractivity contribution < 1.29 is 13.6 Å². The van der Waals surface area contributed by atoms with Gasteiger partial charge in [0.2, 0.25) is 0 Å². The average molecular weight is 289 g/mol. The number of rotatable bonds is 4. The Hall–Kier alpha value is -2.23. The first-order valence-corrected chi connectivity index (χ1v) is 6.81. The SMILES string of the molecule is CC(C)Cc1ccccc1C(=O)Nc1ccc(F)cc1F. The third kappa shape index (κ3) is 3.88. The monoisotopic (exact) mass is 289 g/mol. The van der Waals surface area contributed by atoms with E-state index in [0.29, 0.717) is 11.5 Å². The Morgan fingerprint density at radius 2 is 1.86 bits per heavy atom. The largest absolute Gasteiger partial charge is 0.319 e. The van der Waals surface area contributed by atoms with E-state index in [2.05, 4.69) is 19.2 Å². The van der Waals surface area contributed by atoms with Crippen LogP contribution in [0, 0.1) is 17.6 Å². The number of halogens is 2. The zero-order chi connectivity index (χ0) is 15.4. The van der Waals surface area contributed by atoms with E-state index in [9.17, 15) is 13.6 Å². The zero-order valence-corrected chi connectivity index (χ0v) is 12.0. The first-order valence-electron chi connectivity index (χ1n) is 6.81. The van der Waals surface area contributed by atoms with Crippen LogP contribution >= 0.6 is 0 Å². The second-order valence-corrected chi connectivity index (χ2v) is 5.33. The van der Waals surface area contributed by atoms with Crippen LogP contribution in [0.15, 0.2) is 42.5 Å². The predicted octanol–water partition coefficient (Wildman–Crippen LogP) is 4.42. The van der Waals surface area contributed by atoms with E-state index in [1.165, 1.54) is 6.07 Å². The third-order valence-corrected chi connectivity index (χ3v) is 3.07. The number of benzene rings is 2. The number of carbonyl (C=O) groups excluding carboxylic acids is 1. The van der Waals surface area contributed by atoms with Gasteiger partial charge in [-0.3, -0.25) is 4.79 Å². The highest BCUT2D eigenvalue weighted by Crippen LogP contribution is 2.19. The Morgan fingerprint density at radius 1 is 1.14 bits per heavy atom. The van der Waals surface area contributed by atoms with Gasteiger partial charge in [0.25, 0.3) is 5.91 Å². The number of nitrogens with one attached hydrogen (secondary N) is 1. The van der Waals surface area contributed by atoms with Gasteiger partial charge in [0, 0.05) is 11.6 Å². The molecule has 2 aromatic carbocycles. The maximum atomic E-state index is 13.6. The van der Waals surface area contributed by atoms with Gasteiger partial charge >= 0.3 is 0 Å². The Kier molecular flexibility index (Phi) is 4.68. The lowest BCUT2D eigenvalue weighted by atomic mass is 9.97. The summed E-state index contributed by atoms with van der Waals surface area (Å²) < 4.78 is 26.4. The summed E-state index contributed by atoms with van der Waals surface area (Å²) in [7, 11) is 0. The van der Waals surface area contributed by atoms with Gasteiger partial charge in [-0.2, -0.15) is 0 Å². The summed E-state index contributed by atoms with van der Waals surface area (Å²) in [6.45, 7) is 4.13. The maximum absolute atomic E-state index is 13.6. The number of amides is 1. The molecule has 1 amide bonds. The maximum Gasteiger partial charge on any atom is 0.256 e. The van der Waals surface area contributed by atoms with Crippen molar-refractivity contribution in [1.82, 2.24) is 0 Å². The molecule has 110 valence electrons. The van der Waals surface area contributed by atoms with Crippen LogP contribution in [0.1, 0.15) is 29.8 Å². The van der Waals surface area contributed by atoms with Gasteiger partial charge in [-0.15, -0.1) is 0 Å². The molecule has 4 heteroatoms. The lowest BCUT2D eigenvalue weighted by Gasteiger charge is -2.12. The number of hydrogen-bond acceptors (Lipinski definition) is 1. The summed E-state index contributed by atoms with van der Waals surface area (Å²) in [5.41, 5.74) is 1.39. The minimum atomic E-state index is -0.787. The molecule has 1 N–H and O–H groups in total. The number of hydrogen-bond donors (Lipinski definition) is 1. The first kappa shape index (κ1) is 15.2. The van der Waals surface area contributed by atoms with Crippen molar-refractivity contribution in [2.24, 2.45) is 5.92 Å². The molecule has 2 aromatic rings. The predicted molar refractivity (Wildman–Crippen MR) is 79.3 cm³/mol. The number of anilines is 1. The van der Waals surface area contributed by atoms with E-state index in [-0.39, 0.29) is 5.69 Å². The molecule has 0 unspecified atom stereocenters. The molecular weight excluding hydrogens is 272 g/mol. The van der Waals surface area contributed by atoms with E-state index in [0.717, 1.165) is 24.1 Å². The van der Waals surface area contributed by atoms with E-state index in [1.54, 1.807) is 12.1 Å². The van der Waals surface area contributed by atoms with Gasteiger partial charge in [-0.1, -0.05) is 32.0 Å². The normalized spacial score (nSPS) is 10.7. The molecule has 0 saturated heterocycles. The van der Waals surface area contributed by atoms with Crippen LogP contribution in [0.2, 0.25) is 0 Å². The Balaban J connectivity index is 2.24. The minimum Gasteiger partial charge on any atom is -0.319 e. The quantitative estimate of drug-likeness (QED) is 0.887. The fourth-order valence-corrected chi connectivity index (χ4v) is 2.14. The lowest BCUT2D eigenvalue weighted by Crippen LogP contribution is -2.16. The van der Waals surface area contributed by atoms with Crippen molar-refractivity contribution in [2.45, 2.75) is 20.3 Å². The molecule has 0 aromatic heterocycles. The first-order chi connectivity index (χ1) is 9.97. The molecule has 0 aliphatic rings. The van der Waals surface area contributed by atoms with E-state index in [4.69, 9.17) is 0 Å². The van der Waals surface area contributed by atoms with Crippen LogP contribution in [0.25, 0.3) is 0 Å². The molecule has 2 nitrogen and oxygen atoms in total. The standard InChI is InChI=1S/C17H17F2NO/c1-11(2)9-12-5-3-4-6-14(12)17(21)20-16-8-7-13(18)10-15(16)19/h3-8,10-11H,9H2,1-2H3,(H,20,21). The van der Waals surface area contributed by atoms with Gasteiger partial charge in [0.1, 0.15) is 11.6 Å². The van der Waals surface area contributed by atoms with Gasteiger partial charge in [-0.05, 0) is 36.1 Å². The average Bonchev–Trinajstić information content (AvgIpc) is 2.42. The summed E-state index contributed by atoms with van der Waals surface area (Å²) in [6, 6.07) is 10.3. The zero-order valence-electron chi connectivity index (χ0n) is 12.0. The van der Waals surface area contributed by atoms with Gasteiger partial charge in [0.05, 0.1) is 5.69 Å². The van der Waals surface area contributed by atoms with Crippen molar-refractivity contribution in [3.05, 3.63) is 65.2 Å². The van der Waals surface area contributed by atoms with Crippen molar-refractivity contribution >= 4 is 11.6 Å². The summed E-state index contributed by atoms with van der Waals surface area (Å²) in [4.78, 5) is 12.3. The van der Waals surface area contributed by atoms with E-state index >= 15 is 0 Å². The minimum absolute atomic E-state index is 0.0271. The smallest absolute Gasteiger partial charge is 0.256 e. The molecule has 0 aliphatic heterocycles. The van der Waals surface area contributed by atoms with Crippen molar-refractivity contribution in [1.29, 1.82) is 0 Å². The molecule has 0 atom stereocenters. The molecule has 0 aliphatic carbocycles. The van der Waals surface area contributed by atoms with Crippen molar-refractivity contribution in [3.63, 3.8) is 0 Å². The highest BCUT2D eigenvalue weighted by atomic mass is 19.1. The fourth-order valence-electron chi connectivity index (χ4n) is 2.14. The van der Waals surface area contributed by atoms with Gasteiger partial charge in [-0.25, -0.2) is 8.78 Å². The summed E-state index contributed by atoms with van der Waals surface area (Å²) in [5, 5.41) is 2.49. The molecule has 0 radical (unpaired) electrons. The van der Waals surface area contributed by atoms with Crippen molar-refractivity contribution in [2.75, 3.05) is 5.32 Å². The highest BCUT2D eigenvalue weighted by Gasteiger charge is 2.14. The van der Waals surface area contributed by atoms with Crippen LogP contribution < -0.4 is 5.32 Å². The lowest BCUT2D eigenvalue weighted by molar-refractivity contribution is 0.102. The van der Waals surface area contributed by atoms with Crippen LogP contribution in [-0.2, 0) is 6.42 Å². The molecule has 0 saturated carbocycles. The third-order valence-electron chi connectivity index (χ3n) is 3.07. The molecule has 0 heterocycles. The topological polar surface area (TPSA) is 29.1 Å². The molecule has 0 fully saturated rings. The Morgan fingerprint density at radius 3 is 2.52 bits per heavy atom. The molecule has 0 spiro atoms. The van der Waals surface area contributed by atoms with Crippen LogP contribution in [-0.4, -0.2) is 5.91 Å². The second-order valence-electron chi connectivity index (χ2n) is 5.33. The summed E-state index contributed by atoms with van der Waals surface area (Å²) >= 11 is 0. The molecule has 0 bridgehead atoms. The summed E-state index contributed by atoms with van der Waals surface area (Å²) in [6.07, 6.45) is 0.759. The number of carbonyl (C=O) groups is 1. The van der Waals surface area contributed by atoms with Crippen LogP contribution in [0.4, 0.5) is 14.5 Å². The van der Waals surface area contributed by atoms with E-state index < -0.39 is 17.5 Å². The molecule has 2 rings (SSSR count). The summed E-state index contributed by atoms with van der Waals surface area (Å²) in [5.74, 6) is -1.45.